The van der Waals surface area contributed by atoms with Gasteiger partial charge in [0.2, 0.25) is 0 Å². The van der Waals surface area contributed by atoms with Gasteiger partial charge in [0.05, 0.1) is 10.6 Å². The van der Waals surface area contributed by atoms with Crippen molar-refractivity contribution in [1.82, 2.24) is 0 Å². The highest BCUT2D eigenvalue weighted by molar-refractivity contribution is 7.92. The van der Waals surface area contributed by atoms with Gasteiger partial charge in [-0.1, -0.05) is 24.3 Å². The van der Waals surface area contributed by atoms with E-state index in [0.29, 0.717) is 16.9 Å². The zero-order valence-corrected chi connectivity index (χ0v) is 16.8. The minimum absolute atomic E-state index is 0.0960. The van der Waals surface area contributed by atoms with Gasteiger partial charge in [-0.25, -0.2) is 8.42 Å². The fourth-order valence-corrected chi connectivity index (χ4v) is 4.06. The predicted molar refractivity (Wildman–Crippen MR) is 112 cm³/mol. The molecule has 0 aliphatic heterocycles. The first-order valence-corrected chi connectivity index (χ1v) is 10.3. The molecule has 0 saturated heterocycles. The second kappa shape index (κ2) is 7.86. The Morgan fingerprint density at radius 3 is 2.04 bits per heavy atom. The van der Waals surface area contributed by atoms with E-state index in [1.54, 1.807) is 12.1 Å². The molecule has 0 atom stereocenters. The van der Waals surface area contributed by atoms with Gasteiger partial charge >= 0.3 is 0 Å². The van der Waals surface area contributed by atoms with E-state index in [1.165, 1.54) is 24.3 Å². The molecular weight excluding hydrogens is 372 g/mol. The van der Waals surface area contributed by atoms with Gasteiger partial charge in [-0.3, -0.25) is 9.52 Å². The first-order chi connectivity index (χ1) is 13.2. The maximum Gasteiger partial charge on any atom is 0.261 e. The maximum atomic E-state index is 12.6. The van der Waals surface area contributed by atoms with Gasteiger partial charge in [0.15, 0.2) is 0 Å². The molecule has 0 fully saturated rings. The lowest BCUT2D eigenvalue weighted by atomic mass is 10.1. The summed E-state index contributed by atoms with van der Waals surface area (Å²) in [6.07, 6.45) is 0. The highest BCUT2D eigenvalue weighted by Gasteiger charge is 2.16. The predicted octanol–water partition coefficient (Wildman–Crippen LogP) is 4.66. The van der Waals surface area contributed by atoms with Crippen molar-refractivity contribution in [3.05, 3.63) is 89.0 Å². The molecule has 0 aromatic heterocycles. The molecule has 0 saturated carbocycles. The molecule has 1 amide bonds. The van der Waals surface area contributed by atoms with E-state index in [9.17, 15) is 13.2 Å². The molecule has 3 rings (SSSR count). The van der Waals surface area contributed by atoms with Crippen LogP contribution in [-0.4, -0.2) is 14.3 Å². The number of hydrogen-bond donors (Lipinski definition) is 2. The normalized spacial score (nSPS) is 11.1. The van der Waals surface area contributed by atoms with E-state index in [0.717, 1.165) is 16.7 Å². The molecule has 3 aromatic rings. The average molecular weight is 394 g/mol. The van der Waals surface area contributed by atoms with Crippen LogP contribution < -0.4 is 10.0 Å². The number of amides is 1. The van der Waals surface area contributed by atoms with Crippen molar-refractivity contribution in [3.8, 4) is 0 Å². The number of anilines is 2. The highest BCUT2D eigenvalue weighted by atomic mass is 32.2. The fourth-order valence-electron chi connectivity index (χ4n) is 2.93. The number of hydrogen-bond acceptors (Lipinski definition) is 3. The van der Waals surface area contributed by atoms with E-state index in [4.69, 9.17) is 0 Å². The topological polar surface area (TPSA) is 75.3 Å². The Hall–Kier alpha value is -3.12. The van der Waals surface area contributed by atoms with E-state index < -0.39 is 10.0 Å². The van der Waals surface area contributed by atoms with Gasteiger partial charge in [-0.2, -0.15) is 0 Å². The van der Waals surface area contributed by atoms with Gasteiger partial charge < -0.3 is 5.32 Å². The summed E-state index contributed by atoms with van der Waals surface area (Å²) in [5.74, 6) is -0.291. The number of nitrogens with one attached hydrogen (secondary N) is 2. The van der Waals surface area contributed by atoms with Crippen LogP contribution in [0, 0.1) is 20.8 Å². The molecule has 0 aliphatic rings. The summed E-state index contributed by atoms with van der Waals surface area (Å²) < 4.78 is 27.8. The SMILES string of the molecule is Cc1cc(C)cc(NC(=O)c2ccc(S(=O)(=O)Nc3ccccc3C)cc2)c1. The summed E-state index contributed by atoms with van der Waals surface area (Å²) in [5, 5.41) is 2.84. The van der Waals surface area contributed by atoms with Crippen LogP contribution in [0.1, 0.15) is 27.0 Å². The van der Waals surface area contributed by atoms with Crippen molar-refractivity contribution in [2.75, 3.05) is 10.0 Å². The van der Waals surface area contributed by atoms with Crippen molar-refractivity contribution in [2.45, 2.75) is 25.7 Å². The van der Waals surface area contributed by atoms with E-state index in [2.05, 4.69) is 10.0 Å². The molecule has 0 radical (unpaired) electrons. The van der Waals surface area contributed by atoms with Crippen LogP contribution >= 0.6 is 0 Å². The van der Waals surface area contributed by atoms with Gasteiger partial charge in [0, 0.05) is 11.3 Å². The third kappa shape index (κ3) is 4.58. The molecular formula is C22H22N2O3S. The van der Waals surface area contributed by atoms with Crippen LogP contribution in [0.5, 0.6) is 0 Å². The monoisotopic (exact) mass is 394 g/mol. The molecule has 0 bridgehead atoms. The maximum absolute atomic E-state index is 12.6. The van der Waals surface area contributed by atoms with Gasteiger partial charge in [0.25, 0.3) is 15.9 Å². The third-order valence-electron chi connectivity index (χ3n) is 4.30. The quantitative estimate of drug-likeness (QED) is 0.661. The van der Waals surface area contributed by atoms with Crippen LogP contribution in [0.25, 0.3) is 0 Å². The molecule has 6 heteroatoms. The van der Waals surface area contributed by atoms with Crippen molar-refractivity contribution < 1.29 is 13.2 Å². The van der Waals surface area contributed by atoms with Crippen LogP contribution in [0.2, 0.25) is 0 Å². The Balaban J connectivity index is 1.77. The lowest BCUT2D eigenvalue weighted by Crippen LogP contribution is -2.15. The van der Waals surface area contributed by atoms with Crippen LogP contribution in [0.15, 0.2) is 71.6 Å². The number of para-hydroxylation sites is 1. The summed E-state index contributed by atoms with van der Waals surface area (Å²) in [5.41, 5.74) is 4.56. The van der Waals surface area contributed by atoms with Crippen molar-refractivity contribution >= 4 is 27.3 Å². The largest absolute Gasteiger partial charge is 0.322 e. The molecule has 0 unspecified atom stereocenters. The average Bonchev–Trinajstić information content (AvgIpc) is 2.63. The third-order valence-corrected chi connectivity index (χ3v) is 5.68. The zero-order chi connectivity index (χ0) is 20.3. The highest BCUT2D eigenvalue weighted by Crippen LogP contribution is 2.20. The summed E-state index contributed by atoms with van der Waals surface area (Å²) in [6.45, 7) is 5.76. The van der Waals surface area contributed by atoms with Crippen LogP contribution in [-0.2, 0) is 10.0 Å². The molecule has 28 heavy (non-hydrogen) atoms. The molecule has 144 valence electrons. The fraction of sp³-hybridized carbons (Fsp3) is 0.136. The molecule has 0 aliphatic carbocycles. The van der Waals surface area contributed by atoms with Gasteiger partial charge in [0.1, 0.15) is 0 Å². The number of carbonyl (C=O) groups excluding carboxylic acids is 1. The Morgan fingerprint density at radius 2 is 1.43 bits per heavy atom. The zero-order valence-electron chi connectivity index (χ0n) is 16.0. The molecule has 0 spiro atoms. The Kier molecular flexibility index (Phi) is 5.51. The Labute approximate surface area is 165 Å². The first-order valence-electron chi connectivity index (χ1n) is 8.83. The van der Waals surface area contributed by atoms with E-state index >= 15 is 0 Å². The Morgan fingerprint density at radius 1 is 0.821 bits per heavy atom. The van der Waals surface area contributed by atoms with Gasteiger partial charge in [-0.05, 0) is 79.9 Å². The van der Waals surface area contributed by atoms with E-state index in [1.807, 2.05) is 51.1 Å². The smallest absolute Gasteiger partial charge is 0.261 e. The van der Waals surface area contributed by atoms with Gasteiger partial charge in [-0.15, -0.1) is 0 Å². The summed E-state index contributed by atoms with van der Waals surface area (Å²) in [6, 6.07) is 18.8. The molecule has 3 aromatic carbocycles. The van der Waals surface area contributed by atoms with Crippen molar-refractivity contribution in [1.29, 1.82) is 0 Å². The molecule has 0 heterocycles. The second-order valence-corrected chi connectivity index (χ2v) is 8.46. The van der Waals surface area contributed by atoms with Crippen molar-refractivity contribution in [2.24, 2.45) is 0 Å². The van der Waals surface area contributed by atoms with Crippen molar-refractivity contribution in [3.63, 3.8) is 0 Å². The number of carbonyl (C=O) groups is 1. The number of sulfonamides is 1. The summed E-state index contributed by atoms with van der Waals surface area (Å²) in [4.78, 5) is 12.6. The molecule has 2 N–H and O–H groups in total. The number of aryl methyl sites for hydroxylation is 3. The standard InChI is InChI=1S/C22H22N2O3S/c1-15-12-16(2)14-19(13-15)23-22(25)18-8-10-20(11-9-18)28(26,27)24-21-7-5-4-6-17(21)3/h4-14,24H,1-3H3,(H,23,25). The van der Waals surface area contributed by atoms with E-state index in [-0.39, 0.29) is 10.8 Å². The lowest BCUT2D eigenvalue weighted by Gasteiger charge is -2.11. The Bertz CT molecular complexity index is 1100. The van der Waals surface area contributed by atoms with Crippen LogP contribution in [0.3, 0.4) is 0 Å². The van der Waals surface area contributed by atoms with Crippen LogP contribution in [0.4, 0.5) is 11.4 Å². The summed E-state index contributed by atoms with van der Waals surface area (Å²) >= 11 is 0. The molecule has 5 nitrogen and oxygen atoms in total. The lowest BCUT2D eigenvalue weighted by molar-refractivity contribution is 0.102. The number of benzene rings is 3. The minimum atomic E-state index is -3.73. The first kappa shape index (κ1) is 19.6. The second-order valence-electron chi connectivity index (χ2n) is 6.78. The minimum Gasteiger partial charge on any atom is -0.322 e. The summed E-state index contributed by atoms with van der Waals surface area (Å²) in [7, 11) is -3.73. The number of rotatable bonds is 5.